The van der Waals surface area contributed by atoms with Gasteiger partial charge in [0.2, 0.25) is 0 Å². The minimum Gasteiger partial charge on any atom is -0.315 e. The maximum Gasteiger partial charge on any atom is 0.271 e. The molecule has 0 spiro atoms. The van der Waals surface area contributed by atoms with Crippen LogP contribution in [-0.4, -0.2) is 36.6 Å². The SMILES string of the molecule is Cc1cc(/C=N\NC(=O)CN(c2cccc([N+](=O)[O-])c2)S(=O)(=O)c2ccccc2)c(C)n1-c1ccccc1F. The Morgan fingerprint density at radius 2 is 1.74 bits per heavy atom. The van der Waals surface area contributed by atoms with E-state index in [1.165, 1.54) is 54.7 Å². The highest BCUT2D eigenvalue weighted by Crippen LogP contribution is 2.27. The molecule has 0 aliphatic carbocycles. The molecule has 3 aromatic carbocycles. The van der Waals surface area contributed by atoms with Gasteiger partial charge in [0.15, 0.2) is 0 Å². The second kappa shape index (κ2) is 11.3. The standard InChI is InChI=1S/C27H24FN5O5S/c1-19-15-21(20(2)32(19)26-14-7-6-13-25(26)28)17-29-30-27(34)18-31(22-9-8-10-23(16-22)33(35)36)39(37,38)24-11-4-3-5-12-24/h3-17H,18H2,1-2H3,(H,30,34)/b29-17-. The number of aryl methyl sites for hydroxylation is 1. The van der Waals surface area contributed by atoms with Crippen molar-refractivity contribution in [1.29, 1.82) is 0 Å². The van der Waals surface area contributed by atoms with E-state index in [-0.39, 0.29) is 16.3 Å². The van der Waals surface area contributed by atoms with Crippen LogP contribution in [0.2, 0.25) is 0 Å². The van der Waals surface area contributed by atoms with E-state index in [1.54, 1.807) is 48.7 Å². The van der Waals surface area contributed by atoms with Crippen molar-refractivity contribution < 1.29 is 22.5 Å². The number of carbonyl (C=O) groups is 1. The third-order valence-electron chi connectivity index (χ3n) is 5.90. The molecule has 0 fully saturated rings. The van der Waals surface area contributed by atoms with Gasteiger partial charge in [-0.05, 0) is 50.2 Å². The van der Waals surface area contributed by atoms with Crippen LogP contribution in [0, 0.1) is 29.8 Å². The van der Waals surface area contributed by atoms with E-state index in [4.69, 9.17) is 0 Å². The summed E-state index contributed by atoms with van der Waals surface area (Å²) in [6.45, 7) is 2.89. The number of amides is 1. The van der Waals surface area contributed by atoms with E-state index in [1.807, 2.05) is 0 Å². The molecule has 1 heterocycles. The topological polar surface area (TPSA) is 127 Å². The molecule has 12 heteroatoms. The smallest absolute Gasteiger partial charge is 0.271 e. The molecule has 1 N–H and O–H groups in total. The average molecular weight is 550 g/mol. The molecule has 39 heavy (non-hydrogen) atoms. The zero-order valence-corrected chi connectivity index (χ0v) is 21.8. The van der Waals surface area contributed by atoms with Gasteiger partial charge in [-0.25, -0.2) is 18.2 Å². The Balaban J connectivity index is 1.58. The number of rotatable bonds is 9. The normalized spacial score (nSPS) is 11.5. The number of nitro groups is 1. The molecule has 0 saturated carbocycles. The summed E-state index contributed by atoms with van der Waals surface area (Å²) in [5.41, 5.74) is 4.33. The molecule has 0 saturated heterocycles. The number of carbonyl (C=O) groups excluding carboxylic acids is 1. The first-order chi connectivity index (χ1) is 18.6. The molecule has 0 aliphatic rings. The number of benzene rings is 3. The summed E-state index contributed by atoms with van der Waals surface area (Å²) < 4.78 is 43.6. The molecular weight excluding hydrogens is 525 g/mol. The number of para-hydroxylation sites is 1. The second-order valence-corrected chi connectivity index (χ2v) is 10.4. The number of hydrogen-bond acceptors (Lipinski definition) is 6. The van der Waals surface area contributed by atoms with Crippen molar-refractivity contribution in [2.75, 3.05) is 10.8 Å². The zero-order chi connectivity index (χ0) is 28.2. The van der Waals surface area contributed by atoms with Gasteiger partial charge in [0, 0.05) is 29.1 Å². The van der Waals surface area contributed by atoms with Crippen LogP contribution in [0.15, 0.2) is 94.9 Å². The highest BCUT2D eigenvalue weighted by molar-refractivity contribution is 7.92. The molecule has 200 valence electrons. The maximum atomic E-state index is 14.3. The fourth-order valence-electron chi connectivity index (χ4n) is 4.06. The number of aromatic nitrogens is 1. The maximum absolute atomic E-state index is 14.3. The van der Waals surface area contributed by atoms with E-state index in [9.17, 15) is 27.7 Å². The molecular formula is C27H24FN5O5S. The third kappa shape index (κ3) is 5.85. The van der Waals surface area contributed by atoms with Crippen LogP contribution < -0.4 is 9.73 Å². The Hall–Kier alpha value is -4.84. The Kier molecular flexibility index (Phi) is 7.86. The highest BCUT2D eigenvalue weighted by atomic mass is 32.2. The fraction of sp³-hybridized carbons (Fsp3) is 0.111. The van der Waals surface area contributed by atoms with Gasteiger partial charge in [-0.1, -0.05) is 36.4 Å². The lowest BCUT2D eigenvalue weighted by molar-refractivity contribution is -0.384. The van der Waals surface area contributed by atoms with Gasteiger partial charge in [0.05, 0.1) is 27.4 Å². The molecule has 0 radical (unpaired) electrons. The summed E-state index contributed by atoms with van der Waals surface area (Å²) >= 11 is 0. The molecule has 1 aromatic heterocycles. The Bertz CT molecular complexity index is 1670. The minimum atomic E-state index is -4.25. The molecule has 4 rings (SSSR count). The van der Waals surface area contributed by atoms with Gasteiger partial charge in [0.25, 0.3) is 21.6 Å². The van der Waals surface area contributed by atoms with Gasteiger partial charge >= 0.3 is 0 Å². The summed E-state index contributed by atoms with van der Waals surface area (Å²) in [5, 5.41) is 15.2. The van der Waals surface area contributed by atoms with Gasteiger partial charge in [-0.3, -0.25) is 19.2 Å². The van der Waals surface area contributed by atoms with Crippen molar-refractivity contribution in [2.45, 2.75) is 18.7 Å². The number of nitro benzene ring substituents is 1. The summed E-state index contributed by atoms with van der Waals surface area (Å²) in [6.07, 6.45) is 1.38. The second-order valence-electron chi connectivity index (χ2n) is 8.51. The van der Waals surface area contributed by atoms with Crippen LogP contribution >= 0.6 is 0 Å². The lowest BCUT2D eigenvalue weighted by Crippen LogP contribution is -2.39. The van der Waals surface area contributed by atoms with E-state index in [0.717, 1.165) is 16.1 Å². The lowest BCUT2D eigenvalue weighted by Gasteiger charge is -2.23. The number of halogens is 1. The Morgan fingerprint density at radius 1 is 1.05 bits per heavy atom. The van der Waals surface area contributed by atoms with E-state index >= 15 is 0 Å². The number of sulfonamides is 1. The van der Waals surface area contributed by atoms with Crippen molar-refractivity contribution in [3.63, 3.8) is 0 Å². The molecule has 1 amide bonds. The quantitative estimate of drug-likeness (QED) is 0.187. The number of nitrogens with zero attached hydrogens (tertiary/aromatic N) is 4. The number of hydrogen-bond donors (Lipinski definition) is 1. The largest absolute Gasteiger partial charge is 0.315 e. The molecule has 0 atom stereocenters. The molecule has 0 unspecified atom stereocenters. The third-order valence-corrected chi connectivity index (χ3v) is 7.69. The Labute approximate surface area is 224 Å². The molecule has 0 bridgehead atoms. The van der Waals surface area contributed by atoms with Crippen molar-refractivity contribution in [1.82, 2.24) is 9.99 Å². The first-order valence-corrected chi connectivity index (χ1v) is 13.1. The van der Waals surface area contributed by atoms with Gasteiger partial charge in [-0.15, -0.1) is 0 Å². The van der Waals surface area contributed by atoms with Crippen LogP contribution in [0.4, 0.5) is 15.8 Å². The summed E-state index contributed by atoms with van der Waals surface area (Å²) in [4.78, 5) is 23.3. The first-order valence-electron chi connectivity index (χ1n) is 11.7. The van der Waals surface area contributed by atoms with E-state index < -0.39 is 33.2 Å². The van der Waals surface area contributed by atoms with Crippen LogP contribution in [0.5, 0.6) is 0 Å². The van der Waals surface area contributed by atoms with Gasteiger partial charge in [-0.2, -0.15) is 5.10 Å². The lowest BCUT2D eigenvalue weighted by atomic mass is 10.2. The van der Waals surface area contributed by atoms with Crippen molar-refractivity contribution in [2.24, 2.45) is 5.10 Å². The predicted molar refractivity (Wildman–Crippen MR) is 145 cm³/mol. The van der Waals surface area contributed by atoms with Gasteiger partial charge in [0.1, 0.15) is 12.4 Å². The van der Waals surface area contributed by atoms with Crippen LogP contribution in [0.3, 0.4) is 0 Å². The van der Waals surface area contributed by atoms with Crippen LogP contribution in [-0.2, 0) is 14.8 Å². The molecule has 4 aromatic rings. The van der Waals surface area contributed by atoms with Crippen molar-refractivity contribution in [3.05, 3.63) is 118 Å². The van der Waals surface area contributed by atoms with Crippen molar-refractivity contribution in [3.8, 4) is 5.69 Å². The zero-order valence-electron chi connectivity index (χ0n) is 21.0. The average Bonchev–Trinajstić information content (AvgIpc) is 3.20. The molecule has 0 aliphatic heterocycles. The fourth-order valence-corrected chi connectivity index (χ4v) is 5.49. The molecule has 10 nitrogen and oxygen atoms in total. The first kappa shape index (κ1) is 27.2. The summed E-state index contributed by atoms with van der Waals surface area (Å²) in [7, 11) is -4.25. The number of non-ortho nitro benzene ring substituents is 1. The predicted octanol–water partition coefficient (Wildman–Crippen LogP) is 4.49. The van der Waals surface area contributed by atoms with Crippen LogP contribution in [0.25, 0.3) is 5.69 Å². The van der Waals surface area contributed by atoms with Crippen LogP contribution in [0.1, 0.15) is 17.0 Å². The van der Waals surface area contributed by atoms with Gasteiger partial charge < -0.3 is 4.57 Å². The van der Waals surface area contributed by atoms with Crippen molar-refractivity contribution >= 4 is 33.5 Å². The summed E-state index contributed by atoms with van der Waals surface area (Å²) in [6, 6.07) is 20.5. The highest BCUT2D eigenvalue weighted by Gasteiger charge is 2.28. The number of hydrazone groups is 1. The van der Waals surface area contributed by atoms with E-state index in [0.29, 0.717) is 16.9 Å². The minimum absolute atomic E-state index is 0.0550. The summed E-state index contributed by atoms with van der Waals surface area (Å²) in [5.74, 6) is -1.17. The number of nitrogens with one attached hydrogen (secondary N) is 1. The Morgan fingerprint density at radius 3 is 2.44 bits per heavy atom. The van der Waals surface area contributed by atoms with E-state index in [2.05, 4.69) is 10.5 Å². The monoisotopic (exact) mass is 549 g/mol. The number of anilines is 1.